The van der Waals surface area contributed by atoms with Gasteiger partial charge in [0.1, 0.15) is 5.69 Å². The van der Waals surface area contributed by atoms with E-state index < -0.39 is 0 Å². The van der Waals surface area contributed by atoms with E-state index in [-0.39, 0.29) is 0 Å². The smallest absolute Gasteiger partial charge is 0.172 e. The number of hydrogen-bond acceptors (Lipinski definition) is 3. The first-order valence-corrected chi connectivity index (χ1v) is 6.62. The highest BCUT2D eigenvalue weighted by molar-refractivity contribution is 5.73. The lowest BCUT2D eigenvalue weighted by molar-refractivity contribution is 0.111. The molecule has 19 heavy (non-hydrogen) atoms. The minimum atomic E-state index is 0.446. The molecule has 0 aliphatic heterocycles. The highest BCUT2D eigenvalue weighted by atomic mass is 16.1. The summed E-state index contributed by atoms with van der Waals surface area (Å²) in [7, 11) is 0. The first kappa shape index (κ1) is 13.5. The number of carbonyl (C=O) groups is 1. The van der Waals surface area contributed by atoms with Crippen molar-refractivity contribution in [3.63, 3.8) is 0 Å². The zero-order chi connectivity index (χ0) is 13.8. The van der Waals surface area contributed by atoms with Crippen LogP contribution in [0.4, 0.5) is 0 Å². The molecule has 2 aromatic rings. The summed E-state index contributed by atoms with van der Waals surface area (Å²) in [4.78, 5) is 10.9. The molecule has 4 heteroatoms. The number of carbonyl (C=O) groups excluding carboxylic acids is 1. The molecule has 0 radical (unpaired) electrons. The van der Waals surface area contributed by atoms with Crippen molar-refractivity contribution in [2.45, 2.75) is 39.7 Å². The number of rotatable bonds is 5. The molecule has 0 spiro atoms. The van der Waals surface area contributed by atoms with Gasteiger partial charge in [0.05, 0.1) is 12.2 Å². The molecular formula is C15H19N3O. The van der Waals surface area contributed by atoms with Crippen LogP contribution in [0.3, 0.4) is 0 Å². The van der Waals surface area contributed by atoms with Gasteiger partial charge in [-0.1, -0.05) is 50.3 Å². The Morgan fingerprint density at radius 2 is 1.95 bits per heavy atom. The number of benzene rings is 1. The van der Waals surface area contributed by atoms with Crippen LogP contribution in [0.15, 0.2) is 24.3 Å². The summed E-state index contributed by atoms with van der Waals surface area (Å²) in [6.45, 7) is 7.02. The lowest BCUT2D eigenvalue weighted by atomic mass is 10.0. The Labute approximate surface area is 113 Å². The highest BCUT2D eigenvalue weighted by Crippen LogP contribution is 2.15. The average molecular weight is 257 g/mol. The van der Waals surface area contributed by atoms with Crippen LogP contribution in [0.1, 0.15) is 54.0 Å². The predicted molar refractivity (Wildman–Crippen MR) is 74.4 cm³/mol. The van der Waals surface area contributed by atoms with E-state index >= 15 is 0 Å². The van der Waals surface area contributed by atoms with E-state index in [4.69, 9.17) is 0 Å². The molecule has 0 unspecified atom stereocenters. The summed E-state index contributed by atoms with van der Waals surface area (Å²) < 4.78 is 1.80. The average Bonchev–Trinajstić information content (AvgIpc) is 2.81. The Morgan fingerprint density at radius 3 is 2.47 bits per heavy atom. The van der Waals surface area contributed by atoms with Gasteiger partial charge in [0.15, 0.2) is 6.29 Å². The van der Waals surface area contributed by atoms with Gasteiger partial charge in [-0.15, -0.1) is 5.10 Å². The Hall–Kier alpha value is -1.97. The molecule has 1 heterocycles. The Morgan fingerprint density at radius 1 is 1.26 bits per heavy atom. The van der Waals surface area contributed by atoms with Crippen LogP contribution in [-0.2, 0) is 13.0 Å². The Kier molecular flexibility index (Phi) is 4.10. The molecule has 0 aliphatic carbocycles. The lowest BCUT2D eigenvalue weighted by Gasteiger charge is -2.08. The molecule has 1 aromatic heterocycles. The largest absolute Gasteiger partial charge is 0.296 e. The molecule has 0 amide bonds. The van der Waals surface area contributed by atoms with Crippen molar-refractivity contribution in [1.29, 1.82) is 0 Å². The minimum absolute atomic E-state index is 0.446. The van der Waals surface area contributed by atoms with E-state index in [2.05, 4.69) is 48.4 Å². The molecule has 1 aromatic carbocycles. The van der Waals surface area contributed by atoms with Crippen LogP contribution in [0, 0.1) is 0 Å². The van der Waals surface area contributed by atoms with Crippen molar-refractivity contribution < 1.29 is 4.79 Å². The van der Waals surface area contributed by atoms with Gasteiger partial charge in [0, 0.05) is 0 Å². The fraction of sp³-hybridized carbons (Fsp3) is 0.400. The van der Waals surface area contributed by atoms with Crippen molar-refractivity contribution in [2.75, 3.05) is 0 Å². The topological polar surface area (TPSA) is 47.8 Å². The Bertz CT molecular complexity index is 555. The summed E-state index contributed by atoms with van der Waals surface area (Å²) in [6.07, 6.45) is 1.52. The van der Waals surface area contributed by atoms with E-state index in [0.717, 1.165) is 18.4 Å². The number of hydrogen-bond donors (Lipinski definition) is 0. The third-order valence-corrected chi connectivity index (χ3v) is 3.29. The summed E-state index contributed by atoms with van der Waals surface area (Å²) in [5, 5.41) is 7.94. The van der Waals surface area contributed by atoms with Gasteiger partial charge in [-0.25, -0.2) is 4.68 Å². The van der Waals surface area contributed by atoms with Gasteiger partial charge in [0.2, 0.25) is 0 Å². The summed E-state index contributed by atoms with van der Waals surface area (Å²) in [5.74, 6) is 0.535. The third kappa shape index (κ3) is 2.89. The maximum atomic E-state index is 10.9. The van der Waals surface area contributed by atoms with Crippen molar-refractivity contribution in [3.05, 3.63) is 46.8 Å². The zero-order valence-electron chi connectivity index (χ0n) is 11.6. The minimum Gasteiger partial charge on any atom is -0.296 e. The number of aromatic nitrogens is 3. The van der Waals surface area contributed by atoms with Crippen LogP contribution in [0.5, 0.6) is 0 Å². The van der Waals surface area contributed by atoms with Crippen LogP contribution in [-0.4, -0.2) is 21.3 Å². The quantitative estimate of drug-likeness (QED) is 0.774. The first-order valence-electron chi connectivity index (χ1n) is 6.62. The number of nitrogens with zero attached hydrogens (tertiary/aromatic N) is 3. The standard InChI is InChI=1S/C15H19N3O/c1-4-15-14(10-19)16-17-18(15)9-12-5-7-13(8-6-12)11(2)3/h5-8,10-11H,4,9H2,1-3H3. The fourth-order valence-corrected chi connectivity index (χ4v) is 2.11. The van der Waals surface area contributed by atoms with E-state index in [1.807, 2.05) is 6.92 Å². The SMILES string of the molecule is CCc1c(C=O)nnn1Cc1ccc(C(C)C)cc1. The molecule has 0 saturated carbocycles. The van der Waals surface area contributed by atoms with Gasteiger partial charge < -0.3 is 0 Å². The number of aldehydes is 1. The summed E-state index contributed by atoms with van der Waals surface area (Å²) >= 11 is 0. The van der Waals surface area contributed by atoms with Gasteiger partial charge in [0.25, 0.3) is 0 Å². The lowest BCUT2D eigenvalue weighted by Crippen LogP contribution is -2.06. The van der Waals surface area contributed by atoms with Gasteiger partial charge >= 0.3 is 0 Å². The molecule has 0 aliphatic rings. The molecule has 0 atom stereocenters. The molecule has 0 N–H and O–H groups in total. The van der Waals surface area contributed by atoms with Crippen LogP contribution < -0.4 is 0 Å². The Balaban J connectivity index is 2.21. The second-order valence-corrected chi connectivity index (χ2v) is 4.95. The van der Waals surface area contributed by atoms with Gasteiger partial charge in [-0.3, -0.25) is 4.79 Å². The maximum absolute atomic E-state index is 10.9. The summed E-state index contributed by atoms with van der Waals surface area (Å²) in [6, 6.07) is 8.50. The molecular weight excluding hydrogens is 238 g/mol. The van der Waals surface area contributed by atoms with Crippen molar-refractivity contribution >= 4 is 6.29 Å². The first-order chi connectivity index (χ1) is 9.15. The molecule has 4 nitrogen and oxygen atoms in total. The third-order valence-electron chi connectivity index (χ3n) is 3.29. The monoisotopic (exact) mass is 257 g/mol. The molecule has 2 rings (SSSR count). The predicted octanol–water partition coefficient (Wildman–Crippen LogP) is 2.82. The van der Waals surface area contributed by atoms with Crippen LogP contribution in [0.25, 0.3) is 0 Å². The van der Waals surface area contributed by atoms with Gasteiger partial charge in [-0.05, 0) is 23.5 Å². The van der Waals surface area contributed by atoms with Crippen LogP contribution >= 0.6 is 0 Å². The second-order valence-electron chi connectivity index (χ2n) is 4.95. The van der Waals surface area contributed by atoms with E-state index in [9.17, 15) is 4.79 Å². The second kappa shape index (κ2) is 5.78. The van der Waals surface area contributed by atoms with E-state index in [0.29, 0.717) is 18.2 Å². The molecule has 0 bridgehead atoms. The zero-order valence-corrected chi connectivity index (χ0v) is 11.6. The van der Waals surface area contributed by atoms with Crippen LogP contribution in [0.2, 0.25) is 0 Å². The molecule has 0 fully saturated rings. The van der Waals surface area contributed by atoms with E-state index in [1.54, 1.807) is 4.68 Å². The highest BCUT2D eigenvalue weighted by Gasteiger charge is 2.10. The normalized spacial score (nSPS) is 10.9. The van der Waals surface area contributed by atoms with Crippen molar-refractivity contribution in [3.8, 4) is 0 Å². The molecule has 100 valence electrons. The fourth-order valence-electron chi connectivity index (χ4n) is 2.11. The van der Waals surface area contributed by atoms with Crippen molar-refractivity contribution in [2.24, 2.45) is 0 Å². The maximum Gasteiger partial charge on any atom is 0.172 e. The van der Waals surface area contributed by atoms with E-state index in [1.165, 1.54) is 11.1 Å². The molecule has 0 saturated heterocycles. The van der Waals surface area contributed by atoms with Gasteiger partial charge in [-0.2, -0.15) is 0 Å². The van der Waals surface area contributed by atoms with Crippen molar-refractivity contribution in [1.82, 2.24) is 15.0 Å². The summed E-state index contributed by atoms with van der Waals surface area (Å²) in [5.41, 5.74) is 3.83.